The van der Waals surface area contributed by atoms with Crippen molar-refractivity contribution >= 4 is 26.4 Å². The van der Waals surface area contributed by atoms with Gasteiger partial charge in [0.25, 0.3) is 0 Å². The molecule has 0 amide bonds. The second kappa shape index (κ2) is 7.11. The Kier molecular flexibility index (Phi) is 5.51. The molecular weight excluding hydrogens is 380 g/mol. The largest absolute Gasteiger partial charge is 0.409 e. The zero-order valence-corrected chi connectivity index (χ0v) is 14.4. The molecule has 10 heteroatoms. The lowest BCUT2D eigenvalue weighted by atomic mass is 10.1. The molecule has 0 saturated heterocycles. The fourth-order valence-corrected chi connectivity index (χ4v) is 4.94. The van der Waals surface area contributed by atoms with Crippen LogP contribution in [0.3, 0.4) is 0 Å². The Morgan fingerprint density at radius 1 is 1.28 bits per heavy atom. The molecule has 0 aliphatic heterocycles. The van der Waals surface area contributed by atoms with Gasteiger partial charge in [0.05, 0.1) is 11.5 Å². The first-order valence-corrected chi connectivity index (χ1v) is 9.23. The van der Waals surface area contributed by atoms with Crippen LogP contribution < -0.4 is 0 Å². The molecule has 0 N–H and O–H groups in total. The Balaban J connectivity index is 2.57. The van der Waals surface area contributed by atoms with E-state index in [1.54, 1.807) is 0 Å². The lowest BCUT2D eigenvalue weighted by Gasteiger charge is -2.31. The van der Waals surface area contributed by atoms with Crippen molar-refractivity contribution in [2.75, 3.05) is 6.54 Å². The highest BCUT2D eigenvalue weighted by Crippen LogP contribution is 2.41. The van der Waals surface area contributed by atoms with E-state index in [1.807, 2.05) is 0 Å². The van der Waals surface area contributed by atoms with Crippen molar-refractivity contribution in [3.63, 3.8) is 0 Å². The molecule has 25 heavy (non-hydrogen) atoms. The quantitative estimate of drug-likeness (QED) is 0.544. The minimum absolute atomic E-state index is 0.0555. The minimum atomic E-state index is -4.90. The average molecular weight is 392 g/mol. The molecule has 0 spiro atoms. The maximum Gasteiger partial charge on any atom is 0.409 e. The molecule has 1 aromatic carbocycles. The van der Waals surface area contributed by atoms with Crippen molar-refractivity contribution in [1.29, 1.82) is 0 Å². The number of benzene rings is 1. The van der Waals surface area contributed by atoms with Gasteiger partial charge in [0.2, 0.25) is 15.0 Å². The van der Waals surface area contributed by atoms with Crippen LogP contribution in [0.5, 0.6) is 0 Å². The van der Waals surface area contributed by atoms with Crippen LogP contribution in [-0.4, -0.2) is 25.4 Å². The van der Waals surface area contributed by atoms with Gasteiger partial charge >= 0.3 is 6.18 Å². The van der Waals surface area contributed by atoms with E-state index in [0.29, 0.717) is 4.31 Å². The average Bonchev–Trinajstić information content (AvgIpc) is 3.02. The van der Waals surface area contributed by atoms with E-state index in [4.69, 9.17) is 6.57 Å². The Hall–Kier alpha value is -1.96. The summed E-state index contributed by atoms with van der Waals surface area (Å²) in [6.07, 6.45) is -4.90. The predicted octanol–water partition coefficient (Wildman–Crippen LogP) is 4.75. The summed E-state index contributed by atoms with van der Waals surface area (Å²) in [7, 11) is -4.49. The number of nitrogens with zero attached hydrogens (tertiary/aromatic N) is 2. The molecule has 0 fully saturated rings. The maximum absolute atomic E-state index is 13.6. The van der Waals surface area contributed by atoms with Crippen molar-refractivity contribution in [2.45, 2.75) is 24.0 Å². The molecule has 0 unspecified atom stereocenters. The zero-order chi connectivity index (χ0) is 18.8. The third-order valence-electron chi connectivity index (χ3n) is 3.37. The summed E-state index contributed by atoms with van der Waals surface area (Å²) >= 11 is 0.830. The van der Waals surface area contributed by atoms with Crippen LogP contribution in [0.4, 0.5) is 22.6 Å². The molecule has 0 aliphatic carbocycles. The second-order valence-electron chi connectivity index (χ2n) is 4.94. The van der Waals surface area contributed by atoms with Crippen LogP contribution in [0.15, 0.2) is 40.6 Å². The molecule has 1 atom stereocenters. The summed E-state index contributed by atoms with van der Waals surface area (Å²) in [6.45, 7) is 7.69. The van der Waals surface area contributed by atoms with Crippen molar-refractivity contribution < 1.29 is 26.0 Å². The minimum Gasteiger partial charge on any atom is -0.227 e. The summed E-state index contributed by atoms with van der Waals surface area (Å²) in [5.41, 5.74) is -0.389. The van der Waals surface area contributed by atoms with Gasteiger partial charge in [0.15, 0.2) is 0 Å². The SMILES string of the molecule is [C-]#[N+]c1cc(S(=O)(=O)N(CC)[C@H](c2ccc(F)cc2)C(F)(F)F)cs1. The van der Waals surface area contributed by atoms with Crippen molar-refractivity contribution in [3.8, 4) is 0 Å². The normalized spacial score (nSPS) is 13.6. The Bertz CT molecular complexity index is 883. The first-order valence-electron chi connectivity index (χ1n) is 6.91. The van der Waals surface area contributed by atoms with E-state index in [0.717, 1.165) is 47.0 Å². The summed E-state index contributed by atoms with van der Waals surface area (Å²) in [5, 5.41) is 1.18. The highest BCUT2D eigenvalue weighted by molar-refractivity contribution is 7.89. The van der Waals surface area contributed by atoms with Gasteiger partial charge in [0, 0.05) is 6.54 Å². The summed E-state index contributed by atoms with van der Waals surface area (Å²) in [4.78, 5) is 2.70. The van der Waals surface area contributed by atoms with Crippen molar-refractivity contribution in [2.24, 2.45) is 0 Å². The van der Waals surface area contributed by atoms with Crippen LogP contribution in [-0.2, 0) is 10.0 Å². The second-order valence-corrected chi connectivity index (χ2v) is 7.72. The molecule has 0 radical (unpaired) electrons. The molecule has 4 nitrogen and oxygen atoms in total. The molecule has 0 saturated carbocycles. The topological polar surface area (TPSA) is 41.7 Å². The fraction of sp³-hybridized carbons (Fsp3) is 0.267. The molecule has 0 aliphatic rings. The van der Waals surface area contributed by atoms with Gasteiger partial charge in [-0.1, -0.05) is 19.1 Å². The third-order valence-corrected chi connectivity index (χ3v) is 6.26. The molecule has 1 aromatic heterocycles. The van der Waals surface area contributed by atoms with Crippen LogP contribution in [0, 0.1) is 12.4 Å². The number of thiophene rings is 1. The molecule has 2 aromatic rings. The van der Waals surface area contributed by atoms with E-state index < -0.39 is 34.6 Å². The van der Waals surface area contributed by atoms with Crippen molar-refractivity contribution in [1.82, 2.24) is 4.31 Å². The first kappa shape index (κ1) is 19.4. The van der Waals surface area contributed by atoms with Gasteiger partial charge in [0.1, 0.15) is 11.9 Å². The van der Waals surface area contributed by atoms with Crippen LogP contribution in [0.2, 0.25) is 0 Å². The van der Waals surface area contributed by atoms with Gasteiger partial charge in [-0.3, -0.25) is 0 Å². The predicted molar refractivity (Wildman–Crippen MR) is 85.3 cm³/mol. The van der Waals surface area contributed by atoms with Crippen molar-refractivity contribution in [3.05, 3.63) is 58.5 Å². The number of sulfonamides is 1. The lowest BCUT2D eigenvalue weighted by molar-refractivity contribution is -0.173. The van der Waals surface area contributed by atoms with Gasteiger partial charge < -0.3 is 0 Å². The van der Waals surface area contributed by atoms with E-state index in [2.05, 4.69) is 4.85 Å². The van der Waals surface area contributed by atoms with Gasteiger partial charge in [-0.15, -0.1) is 0 Å². The number of rotatable bonds is 5. The fourth-order valence-electron chi connectivity index (χ4n) is 2.29. The van der Waals surface area contributed by atoms with Gasteiger partial charge in [-0.05, 0) is 29.1 Å². The summed E-state index contributed by atoms with van der Waals surface area (Å²) in [6, 6.07) is 2.08. The Labute approximate surface area is 146 Å². The molecule has 2 rings (SSSR count). The smallest absolute Gasteiger partial charge is 0.227 e. The van der Waals surface area contributed by atoms with Gasteiger partial charge in [-0.25, -0.2) is 17.7 Å². The number of alkyl halides is 3. The number of halogens is 4. The van der Waals surface area contributed by atoms with Crippen LogP contribution >= 0.6 is 11.3 Å². The van der Waals surface area contributed by atoms with E-state index in [-0.39, 0.29) is 15.5 Å². The number of hydrogen-bond acceptors (Lipinski definition) is 3. The molecule has 0 bridgehead atoms. The maximum atomic E-state index is 13.6. The highest BCUT2D eigenvalue weighted by atomic mass is 32.2. The summed E-state index contributed by atoms with van der Waals surface area (Å²) < 4.78 is 79.5. The van der Waals surface area contributed by atoms with E-state index in [9.17, 15) is 26.0 Å². The highest BCUT2D eigenvalue weighted by Gasteiger charge is 2.48. The zero-order valence-electron chi connectivity index (χ0n) is 12.8. The van der Waals surface area contributed by atoms with Crippen LogP contribution in [0.25, 0.3) is 4.85 Å². The summed E-state index contributed by atoms with van der Waals surface area (Å²) in [5.74, 6) is -0.727. The number of hydrogen-bond donors (Lipinski definition) is 0. The first-order chi connectivity index (χ1) is 11.6. The lowest BCUT2D eigenvalue weighted by Crippen LogP contribution is -2.42. The van der Waals surface area contributed by atoms with Gasteiger partial charge in [-0.2, -0.15) is 28.8 Å². The molecule has 134 valence electrons. The van der Waals surface area contributed by atoms with E-state index in [1.165, 1.54) is 6.92 Å². The third kappa shape index (κ3) is 4.00. The van der Waals surface area contributed by atoms with E-state index >= 15 is 0 Å². The molecular formula is C15H12F4N2O2S2. The molecule has 1 heterocycles. The monoisotopic (exact) mass is 392 g/mol. The standard InChI is InChI=1S/C15H12F4N2O2S2/c1-3-21(25(22,23)12-8-13(20-2)24-9-12)14(15(17,18)19)10-4-6-11(16)7-5-10/h4-9,14H,3H2,1H3/t14-/m1/s1. The Morgan fingerprint density at radius 3 is 2.32 bits per heavy atom. The van der Waals surface area contributed by atoms with Crippen LogP contribution in [0.1, 0.15) is 18.5 Å². The Morgan fingerprint density at radius 2 is 1.88 bits per heavy atom.